The van der Waals surface area contributed by atoms with Crippen LogP contribution in [0.3, 0.4) is 0 Å². The fraction of sp³-hybridized carbons (Fsp3) is 0.575. The number of halogens is 1. The van der Waals surface area contributed by atoms with Crippen molar-refractivity contribution in [1.82, 2.24) is 9.62 Å². The van der Waals surface area contributed by atoms with Gasteiger partial charge in [0.2, 0.25) is 10.0 Å². The zero-order valence-electron chi connectivity index (χ0n) is 29.7. The molecule has 3 aliphatic heterocycles. The molecule has 1 amide bonds. The minimum Gasteiger partial charge on any atom is -0.490 e. The highest BCUT2D eigenvalue weighted by Crippen LogP contribution is 2.48. The number of sulfonamides is 1. The summed E-state index contributed by atoms with van der Waals surface area (Å²) in [5, 5.41) is 12.3. The molecule has 1 saturated heterocycles. The van der Waals surface area contributed by atoms with E-state index in [0.29, 0.717) is 38.3 Å². The van der Waals surface area contributed by atoms with Crippen LogP contribution >= 0.6 is 11.6 Å². The lowest BCUT2D eigenvalue weighted by Gasteiger charge is -2.47. The van der Waals surface area contributed by atoms with Gasteiger partial charge in [-0.25, -0.2) is 13.1 Å². The first kappa shape index (κ1) is 36.3. The Balaban J connectivity index is 1.26. The number of amides is 1. The van der Waals surface area contributed by atoms with Gasteiger partial charge >= 0.3 is 0 Å². The second kappa shape index (κ2) is 14.7. The molecule has 2 N–H and O–H groups in total. The summed E-state index contributed by atoms with van der Waals surface area (Å²) in [5.74, 6) is 6.34. The fourth-order valence-corrected chi connectivity index (χ4v) is 10.1. The van der Waals surface area contributed by atoms with Crippen molar-refractivity contribution in [3.8, 4) is 17.6 Å². The Bertz CT molecular complexity index is 1830. The van der Waals surface area contributed by atoms with Gasteiger partial charge in [-0.3, -0.25) is 9.69 Å². The highest BCUT2D eigenvalue weighted by Gasteiger charge is 2.48. The predicted molar refractivity (Wildman–Crippen MR) is 200 cm³/mol. The van der Waals surface area contributed by atoms with Crippen LogP contribution in [0.1, 0.15) is 73.9 Å². The Morgan fingerprint density at radius 2 is 1.94 bits per heavy atom. The molecule has 1 spiro atoms. The lowest BCUT2D eigenvalue weighted by atomic mass is 9.64. The van der Waals surface area contributed by atoms with Gasteiger partial charge in [0.15, 0.2) is 0 Å². The quantitative estimate of drug-likeness (QED) is 0.315. The summed E-state index contributed by atoms with van der Waals surface area (Å²) in [5.41, 5.74) is 1.82. The number of carbonyl (C=O) groups excluding carboxylic acids is 1. The largest absolute Gasteiger partial charge is 0.490 e. The Hall–Kier alpha value is -3.07. The van der Waals surface area contributed by atoms with Gasteiger partial charge < -0.3 is 19.5 Å². The molecule has 0 unspecified atom stereocenters. The number of hydrogen-bond acceptors (Lipinski definition) is 8. The number of nitrogens with zero attached hydrogens (tertiary/aromatic N) is 2. The number of benzene rings is 2. The summed E-state index contributed by atoms with van der Waals surface area (Å²) in [6.45, 7) is 9.28. The average Bonchev–Trinajstić information content (AvgIpc) is 3.24. The third-order valence-electron chi connectivity index (χ3n) is 12.1. The number of anilines is 1. The van der Waals surface area contributed by atoms with Crippen molar-refractivity contribution in [3.05, 3.63) is 70.3 Å². The molecule has 2 aromatic carbocycles. The maximum absolute atomic E-state index is 13.5. The number of aliphatic hydroxyl groups is 1. The molecule has 6 atom stereocenters. The van der Waals surface area contributed by atoms with Gasteiger partial charge in [-0.1, -0.05) is 42.5 Å². The van der Waals surface area contributed by atoms with E-state index in [9.17, 15) is 18.3 Å². The van der Waals surface area contributed by atoms with Crippen LogP contribution in [-0.2, 0) is 26.6 Å². The topological polar surface area (TPSA) is 108 Å². The van der Waals surface area contributed by atoms with Crippen molar-refractivity contribution in [1.29, 1.82) is 0 Å². The Labute approximate surface area is 307 Å². The zero-order chi connectivity index (χ0) is 35.8. The molecule has 7 rings (SSSR count). The van der Waals surface area contributed by atoms with Crippen LogP contribution in [0.4, 0.5) is 5.69 Å². The molecule has 2 aromatic rings. The number of allylic oxidation sites excluding steroid dienone is 1. The molecule has 5 aliphatic rings. The summed E-state index contributed by atoms with van der Waals surface area (Å²) in [4.78, 5) is 18.2. The lowest BCUT2D eigenvalue weighted by molar-refractivity contribution is -0.00330. The van der Waals surface area contributed by atoms with Crippen LogP contribution in [-0.4, -0.2) is 87.7 Å². The molecule has 51 heavy (non-hydrogen) atoms. The standard InChI is InChI=1S/C40H50ClN3O6S/c1-28-7-5-17-40(46,16-3-4-18-43-19-21-49-22-20-43)35-12-9-32(35)25-44-26-39(15-6-8-30-23-33(41)11-13-34(30)39)27-50-37-14-10-31(24-36(37)44)38(45)42-51(47,48)29(28)2/h5,10-11,13-14,17,23-24,28-29,32,35,46H,4,6-9,12,15,18-22,25-27H2,1-2H3,(H,42,45)/b17-5-/t28-,29+,32-,35+,39-,40-/m0/s1. The van der Waals surface area contributed by atoms with E-state index >= 15 is 0 Å². The van der Waals surface area contributed by atoms with E-state index in [1.54, 1.807) is 25.1 Å². The first-order valence-electron chi connectivity index (χ1n) is 18.5. The van der Waals surface area contributed by atoms with Gasteiger partial charge in [-0.2, -0.15) is 0 Å². The second-order valence-electron chi connectivity index (χ2n) is 15.4. The molecule has 1 saturated carbocycles. The van der Waals surface area contributed by atoms with Gasteiger partial charge in [-0.15, -0.1) is 0 Å². The minimum absolute atomic E-state index is 0.110. The molecule has 0 radical (unpaired) electrons. The van der Waals surface area contributed by atoms with E-state index < -0.39 is 26.8 Å². The average molecular weight is 736 g/mol. The zero-order valence-corrected chi connectivity index (χ0v) is 31.3. The van der Waals surface area contributed by atoms with Crippen molar-refractivity contribution in [2.75, 3.05) is 57.4 Å². The molecule has 2 aliphatic carbocycles. The molecule has 3 heterocycles. The highest BCUT2D eigenvalue weighted by molar-refractivity contribution is 7.90. The van der Waals surface area contributed by atoms with Crippen LogP contribution < -0.4 is 14.4 Å². The Kier molecular flexibility index (Phi) is 10.5. The molecule has 9 nitrogen and oxygen atoms in total. The number of nitrogens with one attached hydrogen (secondary N) is 1. The molecule has 2 bridgehead atoms. The van der Waals surface area contributed by atoms with Crippen LogP contribution in [0.2, 0.25) is 5.02 Å². The van der Waals surface area contributed by atoms with Crippen LogP contribution in [0.5, 0.6) is 5.75 Å². The number of rotatable bonds is 2. The third-order valence-corrected chi connectivity index (χ3v) is 14.2. The number of fused-ring (bicyclic) bond motifs is 4. The maximum Gasteiger partial charge on any atom is 0.264 e. The SMILES string of the molecule is C[C@@H]1[C@@H](C)C/C=C\[C@@](O)(C#CCCN2CCOCC2)[C@@H]2CC[C@H]2CN2C[C@@]3(CCCc4cc(Cl)ccc43)COc3ccc(cc32)C(=O)NS1(=O)=O. The molecular formula is C40H50ClN3O6S. The summed E-state index contributed by atoms with van der Waals surface area (Å²) >= 11 is 6.46. The van der Waals surface area contributed by atoms with Crippen molar-refractivity contribution in [3.63, 3.8) is 0 Å². The normalized spacial score (nSPS) is 32.9. The van der Waals surface area contributed by atoms with Gasteiger partial charge in [0.1, 0.15) is 11.4 Å². The van der Waals surface area contributed by atoms with Gasteiger partial charge in [0.25, 0.3) is 5.91 Å². The molecule has 11 heteroatoms. The van der Waals surface area contributed by atoms with Crippen molar-refractivity contribution < 1.29 is 27.8 Å². The summed E-state index contributed by atoms with van der Waals surface area (Å²) in [7, 11) is -4.00. The number of aryl methyl sites for hydroxylation is 1. The van der Waals surface area contributed by atoms with Crippen LogP contribution in [0.15, 0.2) is 48.6 Å². The van der Waals surface area contributed by atoms with E-state index in [1.165, 1.54) is 11.1 Å². The number of ether oxygens (including phenoxy) is 2. The first-order valence-corrected chi connectivity index (χ1v) is 20.5. The monoisotopic (exact) mass is 735 g/mol. The molecule has 274 valence electrons. The van der Waals surface area contributed by atoms with E-state index in [4.69, 9.17) is 21.1 Å². The Morgan fingerprint density at radius 1 is 1.12 bits per heavy atom. The van der Waals surface area contributed by atoms with E-state index in [2.05, 4.69) is 38.5 Å². The van der Waals surface area contributed by atoms with Gasteiger partial charge in [0.05, 0.1) is 30.8 Å². The van der Waals surface area contributed by atoms with Crippen molar-refractivity contribution in [2.24, 2.45) is 17.8 Å². The second-order valence-corrected chi connectivity index (χ2v) is 17.8. The maximum atomic E-state index is 13.5. The van der Waals surface area contributed by atoms with Gasteiger partial charge in [-0.05, 0) is 105 Å². The van der Waals surface area contributed by atoms with E-state index in [-0.39, 0.29) is 28.7 Å². The first-order chi connectivity index (χ1) is 24.5. The Morgan fingerprint density at radius 3 is 2.73 bits per heavy atom. The van der Waals surface area contributed by atoms with E-state index in [1.807, 2.05) is 25.1 Å². The summed E-state index contributed by atoms with van der Waals surface area (Å²) in [6.07, 6.45) is 9.41. The molecule has 2 fully saturated rings. The summed E-state index contributed by atoms with van der Waals surface area (Å²) < 4.78 is 41.4. The highest BCUT2D eigenvalue weighted by atomic mass is 35.5. The minimum atomic E-state index is -4.00. The van der Waals surface area contributed by atoms with E-state index in [0.717, 1.165) is 75.7 Å². The number of hydrogen-bond donors (Lipinski definition) is 2. The van der Waals surface area contributed by atoms with Crippen molar-refractivity contribution >= 4 is 33.2 Å². The summed E-state index contributed by atoms with van der Waals surface area (Å²) in [6, 6.07) is 11.4. The molecular weight excluding hydrogens is 686 g/mol. The van der Waals surface area contributed by atoms with Crippen LogP contribution in [0, 0.1) is 29.6 Å². The third kappa shape index (κ3) is 7.56. The van der Waals surface area contributed by atoms with Crippen LogP contribution in [0.25, 0.3) is 0 Å². The lowest BCUT2D eigenvalue weighted by Crippen LogP contribution is -2.52. The van der Waals surface area contributed by atoms with Crippen molar-refractivity contribution in [2.45, 2.75) is 75.1 Å². The number of carbonyl (C=O) groups is 1. The number of morpholine rings is 1. The molecule has 0 aromatic heterocycles. The predicted octanol–water partition coefficient (Wildman–Crippen LogP) is 5.34. The fourth-order valence-electron chi connectivity index (χ4n) is 8.65. The van der Waals surface area contributed by atoms with Gasteiger partial charge in [0, 0.05) is 61.1 Å². The smallest absolute Gasteiger partial charge is 0.264 e.